The zero-order valence-corrected chi connectivity index (χ0v) is 23.5. The Balaban J connectivity index is 1.38. The first kappa shape index (κ1) is 26.8. The fraction of sp³-hybridized carbons (Fsp3) is 0.355. The van der Waals surface area contributed by atoms with Crippen LogP contribution in [0.3, 0.4) is 0 Å². The van der Waals surface area contributed by atoms with E-state index in [4.69, 9.17) is 4.74 Å². The van der Waals surface area contributed by atoms with Crippen molar-refractivity contribution in [3.05, 3.63) is 70.6 Å². The molecule has 1 fully saturated rings. The highest BCUT2D eigenvalue weighted by Crippen LogP contribution is 2.39. The number of hydrogen-bond acceptors (Lipinski definition) is 7. The molecule has 0 bridgehead atoms. The average molecular weight is 536 g/mol. The van der Waals surface area contributed by atoms with Crippen LogP contribution in [0, 0.1) is 22.7 Å². The summed E-state index contributed by atoms with van der Waals surface area (Å²) in [5, 5.41) is 31.6. The Morgan fingerprint density at radius 1 is 0.975 bits per heavy atom. The molecule has 40 heavy (non-hydrogen) atoms. The van der Waals surface area contributed by atoms with Crippen LogP contribution in [0.25, 0.3) is 22.2 Å². The van der Waals surface area contributed by atoms with Gasteiger partial charge in [-0.15, -0.1) is 0 Å². The number of nitrogens with one attached hydrogen (secondary N) is 2. The standard InChI is InChI=1S/C31H33N7O2/c1-19-25(17-32)28(26(18-33)20(2)34-19)22-8-11-27-24(16-22)29(36-35-27)21-6-9-23(10-7-21)37-12-14-38(15-13-37)30(39)40-31(3,4)5/h6-11,16,28,34H,12-15H2,1-5H3,(H,35,36). The zero-order valence-electron chi connectivity index (χ0n) is 23.5. The summed E-state index contributed by atoms with van der Waals surface area (Å²) < 4.78 is 5.51. The second kappa shape index (κ2) is 10.4. The van der Waals surface area contributed by atoms with Crippen molar-refractivity contribution in [2.45, 2.75) is 46.1 Å². The van der Waals surface area contributed by atoms with Gasteiger partial charge in [0.2, 0.25) is 0 Å². The van der Waals surface area contributed by atoms with Crippen molar-refractivity contribution in [1.29, 1.82) is 10.5 Å². The number of carbonyl (C=O) groups is 1. The molecular weight excluding hydrogens is 502 g/mol. The lowest BCUT2D eigenvalue weighted by Crippen LogP contribution is -2.50. The lowest BCUT2D eigenvalue weighted by atomic mass is 9.81. The Bertz CT molecular complexity index is 1570. The molecule has 2 aliphatic rings. The third-order valence-electron chi connectivity index (χ3n) is 7.36. The minimum Gasteiger partial charge on any atom is -0.444 e. The van der Waals surface area contributed by atoms with Crippen molar-refractivity contribution in [1.82, 2.24) is 20.4 Å². The number of piperazine rings is 1. The van der Waals surface area contributed by atoms with E-state index in [1.807, 2.05) is 52.8 Å². The molecular formula is C31H33N7O2. The topological polar surface area (TPSA) is 121 Å². The van der Waals surface area contributed by atoms with E-state index in [0.29, 0.717) is 24.2 Å². The van der Waals surface area contributed by atoms with E-state index in [2.05, 4.69) is 56.8 Å². The van der Waals surface area contributed by atoms with E-state index in [1.54, 1.807) is 4.90 Å². The third kappa shape index (κ3) is 5.11. The first-order valence-corrected chi connectivity index (χ1v) is 13.4. The van der Waals surface area contributed by atoms with Gasteiger partial charge in [-0.25, -0.2) is 4.79 Å². The molecule has 2 N–H and O–H groups in total. The first-order valence-electron chi connectivity index (χ1n) is 13.4. The van der Waals surface area contributed by atoms with Crippen LogP contribution in [0.2, 0.25) is 0 Å². The van der Waals surface area contributed by atoms with Gasteiger partial charge in [0, 0.05) is 54.2 Å². The SMILES string of the molecule is CC1=C(C#N)C(c2ccc3[nH]nc(-c4ccc(N5CCN(C(=O)OC(C)(C)C)CC5)cc4)c3c2)C(C#N)=C(C)N1. The van der Waals surface area contributed by atoms with E-state index < -0.39 is 11.5 Å². The summed E-state index contributed by atoms with van der Waals surface area (Å²) in [5.41, 5.74) is 6.73. The molecule has 9 heteroatoms. The van der Waals surface area contributed by atoms with Crippen molar-refractivity contribution in [3.63, 3.8) is 0 Å². The number of dihydropyridines is 1. The van der Waals surface area contributed by atoms with Crippen molar-refractivity contribution in [2.75, 3.05) is 31.1 Å². The van der Waals surface area contributed by atoms with Crippen LogP contribution in [0.1, 0.15) is 46.1 Å². The van der Waals surface area contributed by atoms with E-state index >= 15 is 0 Å². The number of allylic oxidation sites excluding steroid dienone is 4. The summed E-state index contributed by atoms with van der Waals surface area (Å²) >= 11 is 0. The molecule has 9 nitrogen and oxygen atoms in total. The number of rotatable bonds is 3. The second-order valence-corrected chi connectivity index (χ2v) is 11.2. The molecule has 1 aromatic heterocycles. The first-order chi connectivity index (χ1) is 19.1. The predicted molar refractivity (Wildman–Crippen MR) is 154 cm³/mol. The maximum absolute atomic E-state index is 12.4. The largest absolute Gasteiger partial charge is 0.444 e. The van der Waals surface area contributed by atoms with Gasteiger partial charge in [-0.2, -0.15) is 15.6 Å². The van der Waals surface area contributed by atoms with Crippen molar-refractivity contribution >= 4 is 22.7 Å². The Hall–Kier alpha value is -4.76. The molecule has 5 rings (SSSR count). The number of ether oxygens (including phenoxy) is 1. The van der Waals surface area contributed by atoms with Gasteiger partial charge in [-0.05, 0) is 64.4 Å². The Morgan fingerprint density at radius 3 is 2.17 bits per heavy atom. The number of aromatic amines is 1. The van der Waals surface area contributed by atoms with Crippen molar-refractivity contribution in [3.8, 4) is 23.4 Å². The van der Waals surface area contributed by atoms with Crippen LogP contribution in [-0.4, -0.2) is 53.0 Å². The van der Waals surface area contributed by atoms with Crippen LogP contribution in [0.5, 0.6) is 0 Å². The molecule has 1 saturated heterocycles. The molecule has 3 aromatic rings. The highest BCUT2D eigenvalue weighted by Gasteiger charge is 2.30. The van der Waals surface area contributed by atoms with Gasteiger partial charge in [-0.3, -0.25) is 5.10 Å². The number of fused-ring (bicyclic) bond motifs is 1. The lowest BCUT2D eigenvalue weighted by molar-refractivity contribution is 0.0240. The highest BCUT2D eigenvalue weighted by molar-refractivity contribution is 5.93. The fourth-order valence-corrected chi connectivity index (χ4v) is 5.36. The Morgan fingerprint density at radius 2 is 1.60 bits per heavy atom. The molecule has 2 aliphatic heterocycles. The Labute approximate surface area is 234 Å². The van der Waals surface area contributed by atoms with Crippen LogP contribution >= 0.6 is 0 Å². The van der Waals surface area contributed by atoms with Crippen LogP contribution in [0.15, 0.2) is 65.0 Å². The van der Waals surface area contributed by atoms with Gasteiger partial charge in [0.05, 0.1) is 40.4 Å². The molecule has 0 aliphatic carbocycles. The van der Waals surface area contributed by atoms with Gasteiger partial charge in [0.25, 0.3) is 0 Å². The summed E-state index contributed by atoms with van der Waals surface area (Å²) in [7, 11) is 0. The maximum atomic E-state index is 12.4. The average Bonchev–Trinajstić information content (AvgIpc) is 3.35. The molecule has 0 spiro atoms. The van der Waals surface area contributed by atoms with E-state index in [1.165, 1.54) is 0 Å². The smallest absolute Gasteiger partial charge is 0.410 e. The number of benzene rings is 2. The number of carbonyl (C=O) groups excluding carboxylic acids is 1. The minimum atomic E-state index is -0.504. The molecule has 0 radical (unpaired) electrons. The van der Waals surface area contributed by atoms with Gasteiger partial charge in [0.1, 0.15) is 5.60 Å². The van der Waals surface area contributed by atoms with E-state index in [0.717, 1.165) is 57.9 Å². The van der Waals surface area contributed by atoms with Gasteiger partial charge in [0.15, 0.2) is 0 Å². The lowest BCUT2D eigenvalue weighted by Gasteiger charge is -2.36. The minimum absolute atomic E-state index is 0.267. The zero-order chi connectivity index (χ0) is 28.6. The molecule has 0 saturated carbocycles. The van der Waals surface area contributed by atoms with E-state index in [9.17, 15) is 15.3 Å². The third-order valence-corrected chi connectivity index (χ3v) is 7.36. The van der Waals surface area contributed by atoms with Crippen LogP contribution < -0.4 is 10.2 Å². The van der Waals surface area contributed by atoms with Gasteiger partial charge < -0.3 is 19.9 Å². The monoisotopic (exact) mass is 535 g/mol. The van der Waals surface area contributed by atoms with E-state index in [-0.39, 0.29) is 6.09 Å². The molecule has 0 atom stereocenters. The summed E-state index contributed by atoms with van der Waals surface area (Å²) in [5.74, 6) is -0.426. The summed E-state index contributed by atoms with van der Waals surface area (Å²) in [6.07, 6.45) is -0.267. The Kier molecular flexibility index (Phi) is 6.99. The molecule has 204 valence electrons. The number of amides is 1. The van der Waals surface area contributed by atoms with Crippen LogP contribution in [0.4, 0.5) is 10.5 Å². The number of nitrogens with zero attached hydrogens (tertiary/aromatic N) is 5. The normalized spacial score (nSPS) is 16.6. The predicted octanol–water partition coefficient (Wildman–Crippen LogP) is 5.57. The number of hydrogen-bond donors (Lipinski definition) is 2. The summed E-state index contributed by atoms with van der Waals surface area (Å²) in [4.78, 5) is 16.4. The summed E-state index contributed by atoms with van der Waals surface area (Å²) in [6, 6.07) is 18.8. The van der Waals surface area contributed by atoms with Crippen LogP contribution in [-0.2, 0) is 4.74 Å². The quantitative estimate of drug-likeness (QED) is 0.450. The highest BCUT2D eigenvalue weighted by atomic mass is 16.6. The number of nitriles is 2. The molecule has 1 amide bonds. The van der Waals surface area contributed by atoms with Crippen molar-refractivity contribution in [2.24, 2.45) is 0 Å². The molecule has 0 unspecified atom stereocenters. The summed E-state index contributed by atoms with van der Waals surface area (Å²) in [6.45, 7) is 12.0. The fourth-order valence-electron chi connectivity index (χ4n) is 5.36. The molecule has 2 aromatic carbocycles. The number of anilines is 1. The second-order valence-electron chi connectivity index (χ2n) is 11.2. The molecule has 3 heterocycles. The number of aromatic nitrogens is 2. The van der Waals surface area contributed by atoms with Gasteiger partial charge >= 0.3 is 6.09 Å². The number of H-pyrrole nitrogens is 1. The van der Waals surface area contributed by atoms with Gasteiger partial charge in [-0.1, -0.05) is 18.2 Å². The maximum Gasteiger partial charge on any atom is 0.410 e. The van der Waals surface area contributed by atoms with Crippen molar-refractivity contribution < 1.29 is 9.53 Å².